The van der Waals surface area contributed by atoms with Crippen LogP contribution in [0.25, 0.3) is 6.08 Å². The van der Waals surface area contributed by atoms with Gasteiger partial charge in [0, 0.05) is 0 Å². The first-order chi connectivity index (χ1) is 11.0. The first-order valence-corrected chi connectivity index (χ1v) is 7.21. The molecule has 120 valence electrons. The average Bonchev–Trinajstić information content (AvgIpc) is 2.55. The molecule has 0 bridgehead atoms. The molecule has 4 nitrogen and oxygen atoms in total. The predicted molar refractivity (Wildman–Crippen MR) is 90.5 cm³/mol. The number of ketones is 1. The van der Waals surface area contributed by atoms with E-state index in [0.29, 0.717) is 11.1 Å². The zero-order valence-electron chi connectivity index (χ0n) is 13.7. The molecule has 0 unspecified atom stereocenters. The van der Waals surface area contributed by atoms with E-state index in [1.54, 1.807) is 32.2 Å². The zero-order chi connectivity index (χ0) is 17.0. The molecule has 0 heterocycles. The summed E-state index contributed by atoms with van der Waals surface area (Å²) in [6.45, 7) is 3.70. The van der Waals surface area contributed by atoms with Crippen LogP contribution in [0.2, 0.25) is 0 Å². The van der Waals surface area contributed by atoms with E-state index in [0.717, 1.165) is 16.9 Å². The van der Waals surface area contributed by atoms with E-state index in [1.807, 2.05) is 25.1 Å². The highest BCUT2D eigenvalue weighted by Gasteiger charge is 2.15. The van der Waals surface area contributed by atoms with Gasteiger partial charge in [0.05, 0.1) is 19.8 Å². The molecule has 2 aromatic carbocycles. The Balaban J connectivity index is 2.29. The fourth-order valence-electron chi connectivity index (χ4n) is 2.34. The summed E-state index contributed by atoms with van der Waals surface area (Å²) in [5.41, 5.74) is 2.88. The van der Waals surface area contributed by atoms with E-state index in [1.165, 1.54) is 13.2 Å². The van der Waals surface area contributed by atoms with Crippen LogP contribution in [0.15, 0.2) is 36.4 Å². The summed E-state index contributed by atoms with van der Waals surface area (Å²) in [6.07, 6.45) is 3.19. The summed E-state index contributed by atoms with van der Waals surface area (Å²) >= 11 is 0. The molecule has 23 heavy (non-hydrogen) atoms. The van der Waals surface area contributed by atoms with Gasteiger partial charge in [0.25, 0.3) is 0 Å². The number of allylic oxidation sites excluding steroid dienone is 1. The Morgan fingerprint density at radius 3 is 2.39 bits per heavy atom. The number of rotatable bonds is 5. The van der Waals surface area contributed by atoms with E-state index in [-0.39, 0.29) is 17.3 Å². The Morgan fingerprint density at radius 1 is 1.04 bits per heavy atom. The van der Waals surface area contributed by atoms with Gasteiger partial charge in [-0.15, -0.1) is 0 Å². The van der Waals surface area contributed by atoms with Crippen LogP contribution in [0.4, 0.5) is 0 Å². The number of hydrogen-bond acceptors (Lipinski definition) is 4. The third-order valence-corrected chi connectivity index (χ3v) is 3.65. The number of phenols is 1. The fraction of sp³-hybridized carbons (Fsp3) is 0.211. The highest BCUT2D eigenvalue weighted by Crippen LogP contribution is 2.33. The zero-order valence-corrected chi connectivity index (χ0v) is 13.7. The van der Waals surface area contributed by atoms with Crippen molar-refractivity contribution in [2.75, 3.05) is 14.2 Å². The molecule has 0 aromatic heterocycles. The number of aryl methyl sites for hydroxylation is 2. The van der Waals surface area contributed by atoms with Crippen LogP contribution in [-0.2, 0) is 0 Å². The molecule has 2 rings (SSSR count). The minimum absolute atomic E-state index is 0.00737. The molecule has 0 aliphatic carbocycles. The van der Waals surface area contributed by atoms with Crippen LogP contribution in [0.3, 0.4) is 0 Å². The summed E-state index contributed by atoms with van der Waals surface area (Å²) in [7, 11) is 3.05. The second kappa shape index (κ2) is 7.01. The van der Waals surface area contributed by atoms with Gasteiger partial charge in [-0.1, -0.05) is 18.2 Å². The Morgan fingerprint density at radius 2 is 1.78 bits per heavy atom. The van der Waals surface area contributed by atoms with E-state index in [4.69, 9.17) is 9.47 Å². The van der Waals surface area contributed by atoms with Crippen LogP contribution in [-0.4, -0.2) is 25.1 Å². The van der Waals surface area contributed by atoms with Crippen molar-refractivity contribution in [2.45, 2.75) is 13.8 Å². The number of hydrogen-bond donors (Lipinski definition) is 1. The van der Waals surface area contributed by atoms with Crippen LogP contribution in [0.1, 0.15) is 27.0 Å². The van der Waals surface area contributed by atoms with Gasteiger partial charge in [0.15, 0.2) is 17.3 Å². The lowest BCUT2D eigenvalue weighted by Crippen LogP contribution is -2.00. The summed E-state index contributed by atoms with van der Waals surface area (Å²) in [5.74, 6) is 0.766. The molecule has 1 N–H and O–H groups in total. The first kappa shape index (κ1) is 16.6. The van der Waals surface area contributed by atoms with Crippen LogP contribution < -0.4 is 9.47 Å². The number of ether oxygens (including phenoxy) is 2. The Kier molecular flexibility index (Phi) is 5.06. The minimum Gasteiger partial charge on any atom is -0.504 e. The number of carbonyl (C=O) groups is 1. The number of aromatic hydroxyl groups is 1. The molecule has 0 atom stereocenters. The van der Waals surface area contributed by atoms with Gasteiger partial charge >= 0.3 is 0 Å². The molecule has 0 aliphatic heterocycles. The van der Waals surface area contributed by atoms with E-state index < -0.39 is 0 Å². The molecule has 0 saturated carbocycles. The molecule has 0 radical (unpaired) electrons. The second-order valence-electron chi connectivity index (χ2n) is 5.24. The molecular weight excluding hydrogens is 292 g/mol. The molecule has 0 aliphatic rings. The maximum absolute atomic E-state index is 12.4. The van der Waals surface area contributed by atoms with Gasteiger partial charge in [-0.05, 0) is 54.8 Å². The smallest absolute Gasteiger partial charge is 0.189 e. The van der Waals surface area contributed by atoms with Crippen LogP contribution in [0.5, 0.6) is 17.2 Å². The maximum atomic E-state index is 12.4. The largest absolute Gasteiger partial charge is 0.504 e. The Bertz CT molecular complexity index is 760. The minimum atomic E-state index is -0.231. The number of methoxy groups -OCH3 is 2. The first-order valence-electron chi connectivity index (χ1n) is 7.21. The quantitative estimate of drug-likeness (QED) is 0.671. The number of carbonyl (C=O) groups excluding carboxylic acids is 1. The lowest BCUT2D eigenvalue weighted by atomic mass is 10.0. The monoisotopic (exact) mass is 312 g/mol. The normalized spacial score (nSPS) is 10.8. The standard InChI is InChI=1S/C19H20O4/c1-12-5-8-15(19(23-4)18(12)21)16(20)9-6-14-7-10-17(22-3)13(2)11-14/h5-11,21H,1-4H3/b9-6+. The van der Waals surface area contributed by atoms with Crippen molar-refractivity contribution in [1.29, 1.82) is 0 Å². The van der Waals surface area contributed by atoms with Crippen molar-refractivity contribution in [3.05, 3.63) is 58.7 Å². The van der Waals surface area contributed by atoms with Gasteiger partial charge in [-0.3, -0.25) is 4.79 Å². The lowest BCUT2D eigenvalue weighted by Gasteiger charge is -2.10. The van der Waals surface area contributed by atoms with E-state index in [9.17, 15) is 9.90 Å². The van der Waals surface area contributed by atoms with Crippen molar-refractivity contribution < 1.29 is 19.4 Å². The van der Waals surface area contributed by atoms with Gasteiger partial charge in [0.2, 0.25) is 0 Å². The molecule has 0 amide bonds. The maximum Gasteiger partial charge on any atom is 0.189 e. The van der Waals surface area contributed by atoms with Crippen molar-refractivity contribution in [1.82, 2.24) is 0 Å². The summed E-state index contributed by atoms with van der Waals surface area (Å²) in [4.78, 5) is 12.4. The Hall–Kier alpha value is -2.75. The van der Waals surface area contributed by atoms with Crippen LogP contribution >= 0.6 is 0 Å². The molecule has 0 spiro atoms. The topological polar surface area (TPSA) is 55.8 Å². The lowest BCUT2D eigenvalue weighted by molar-refractivity contribution is 0.104. The van der Waals surface area contributed by atoms with Gasteiger partial charge in [-0.2, -0.15) is 0 Å². The van der Waals surface area contributed by atoms with E-state index in [2.05, 4.69) is 0 Å². The van der Waals surface area contributed by atoms with Gasteiger partial charge in [0.1, 0.15) is 5.75 Å². The Labute approximate surface area is 136 Å². The molecule has 2 aromatic rings. The van der Waals surface area contributed by atoms with Gasteiger partial charge in [-0.25, -0.2) is 0 Å². The van der Waals surface area contributed by atoms with Crippen molar-refractivity contribution in [2.24, 2.45) is 0 Å². The molecule has 0 fully saturated rings. The predicted octanol–water partition coefficient (Wildman–Crippen LogP) is 3.92. The van der Waals surface area contributed by atoms with Crippen molar-refractivity contribution in [3.8, 4) is 17.2 Å². The van der Waals surface area contributed by atoms with Crippen LogP contribution in [0, 0.1) is 13.8 Å². The fourth-order valence-corrected chi connectivity index (χ4v) is 2.34. The SMILES string of the molecule is COc1ccc(/C=C/C(=O)c2ccc(C)c(O)c2OC)cc1C. The second-order valence-corrected chi connectivity index (χ2v) is 5.24. The molecule has 0 saturated heterocycles. The van der Waals surface area contributed by atoms with E-state index >= 15 is 0 Å². The summed E-state index contributed by atoms with van der Waals surface area (Å²) in [5, 5.41) is 9.99. The van der Waals surface area contributed by atoms with Crippen molar-refractivity contribution >= 4 is 11.9 Å². The van der Waals surface area contributed by atoms with Crippen molar-refractivity contribution in [3.63, 3.8) is 0 Å². The summed E-state index contributed by atoms with van der Waals surface area (Å²) < 4.78 is 10.4. The van der Waals surface area contributed by atoms with Gasteiger partial charge < -0.3 is 14.6 Å². The summed E-state index contributed by atoms with van der Waals surface area (Å²) in [6, 6.07) is 9.01. The number of phenolic OH excluding ortho intramolecular Hbond substituents is 1. The third-order valence-electron chi connectivity index (χ3n) is 3.65. The highest BCUT2D eigenvalue weighted by molar-refractivity contribution is 6.09. The highest BCUT2D eigenvalue weighted by atomic mass is 16.5. The number of benzene rings is 2. The average molecular weight is 312 g/mol. The molecule has 4 heteroatoms. The molecular formula is C19H20O4. The third kappa shape index (κ3) is 3.54.